The average Bonchev–Trinajstić information content (AvgIpc) is 3.68. The van der Waals surface area contributed by atoms with Crippen LogP contribution in [0.5, 0.6) is 0 Å². The third-order valence-electron chi connectivity index (χ3n) is 7.62. The van der Waals surface area contributed by atoms with Gasteiger partial charge in [0.2, 0.25) is 23.5 Å². The van der Waals surface area contributed by atoms with Gasteiger partial charge in [-0.3, -0.25) is 37.7 Å². The number of nitrogens with two attached hydrogens (primary N) is 2. The molecule has 0 bridgehead atoms. The molecular formula is C22H34N10O16P2Y2+2. The predicted octanol–water partition coefficient (Wildman–Crippen LogP) is -6.29. The van der Waals surface area contributed by atoms with Gasteiger partial charge in [-0.15, -0.1) is 0 Å². The SMILES string of the molecule is Cn1c[n+](C2O[C@H](COP(=O)(O)O)[C@@H](O)[C@H]2O)c2nc(N)[nH]c(=O)c21.Cn1c[n+](C2O[C@H](COP(=O)(O)O)[C@@H](O)[C@H]2O)c2nc(N)[nH]c(=O)c21.[Y].[Y]. The number of ether oxygens (including phenoxy) is 2. The first-order valence-corrected chi connectivity index (χ1v) is 17.2. The van der Waals surface area contributed by atoms with Crippen molar-refractivity contribution in [1.29, 1.82) is 0 Å². The van der Waals surface area contributed by atoms with E-state index >= 15 is 0 Å². The van der Waals surface area contributed by atoms with Gasteiger partial charge in [-0.2, -0.15) is 0 Å². The fourth-order valence-electron chi connectivity index (χ4n) is 5.44. The van der Waals surface area contributed by atoms with Crippen LogP contribution in [0.15, 0.2) is 22.2 Å². The number of hydrogen-bond donors (Lipinski definition) is 12. The van der Waals surface area contributed by atoms with Gasteiger partial charge in [0.25, 0.3) is 23.0 Å². The summed E-state index contributed by atoms with van der Waals surface area (Å²) in [4.78, 5) is 71.7. The van der Waals surface area contributed by atoms with Gasteiger partial charge in [-0.1, -0.05) is 9.97 Å². The van der Waals surface area contributed by atoms with Gasteiger partial charge in [0.05, 0.1) is 27.3 Å². The maximum atomic E-state index is 12.0. The molecule has 0 spiro atoms. The number of aliphatic hydroxyl groups excluding tert-OH is 4. The minimum Gasteiger partial charge on any atom is -0.387 e. The summed E-state index contributed by atoms with van der Waals surface area (Å²) in [6.07, 6.45) is -7.76. The second-order valence-corrected chi connectivity index (χ2v) is 13.7. The van der Waals surface area contributed by atoms with Crippen molar-refractivity contribution in [3.05, 3.63) is 33.4 Å². The Labute approximate surface area is 339 Å². The van der Waals surface area contributed by atoms with Crippen LogP contribution in [0.2, 0.25) is 0 Å². The topological polar surface area (TPSA) is 394 Å². The minimum absolute atomic E-state index is 0. The molecule has 2 fully saturated rings. The van der Waals surface area contributed by atoms with Crippen LogP contribution in [0.25, 0.3) is 22.3 Å². The zero-order valence-corrected chi connectivity index (χ0v) is 34.4. The molecule has 2 radical (unpaired) electrons. The summed E-state index contributed by atoms with van der Waals surface area (Å²) in [5.74, 6) is -0.293. The molecule has 52 heavy (non-hydrogen) atoms. The summed E-state index contributed by atoms with van der Waals surface area (Å²) in [6, 6.07) is 0. The number of nitrogens with zero attached hydrogens (tertiary/aromatic N) is 6. The van der Waals surface area contributed by atoms with Gasteiger partial charge in [-0.25, -0.2) is 18.3 Å². The van der Waals surface area contributed by atoms with Crippen LogP contribution in [0.3, 0.4) is 0 Å². The maximum Gasteiger partial charge on any atom is 0.469 e. The van der Waals surface area contributed by atoms with Crippen molar-refractivity contribution < 1.29 is 142 Å². The molecule has 282 valence electrons. The molecule has 0 amide bonds. The van der Waals surface area contributed by atoms with Crippen molar-refractivity contribution in [2.45, 2.75) is 49.1 Å². The van der Waals surface area contributed by atoms with E-state index in [1.165, 1.54) is 30.9 Å². The molecule has 14 N–H and O–H groups in total. The Kier molecular flexibility index (Phi) is 14.8. The van der Waals surface area contributed by atoms with Gasteiger partial charge in [0, 0.05) is 65.4 Å². The molecule has 4 aromatic rings. The number of aliphatic hydroxyl groups is 4. The summed E-state index contributed by atoms with van der Waals surface area (Å²) >= 11 is 0. The molecule has 0 aromatic carbocycles. The van der Waals surface area contributed by atoms with Crippen molar-refractivity contribution in [2.24, 2.45) is 14.1 Å². The Hall–Kier alpha value is -1.51. The smallest absolute Gasteiger partial charge is 0.387 e. The summed E-state index contributed by atoms with van der Waals surface area (Å²) in [6.45, 7) is -1.28. The largest absolute Gasteiger partial charge is 0.469 e. The molecule has 6 heterocycles. The zero-order chi connectivity index (χ0) is 37.0. The first kappa shape index (κ1) is 44.9. The Morgan fingerprint density at radius 2 is 1.06 bits per heavy atom. The van der Waals surface area contributed by atoms with E-state index in [-0.39, 0.29) is 99.6 Å². The van der Waals surface area contributed by atoms with E-state index in [0.717, 1.165) is 0 Å². The molecule has 2 saturated heterocycles. The molecule has 2 unspecified atom stereocenters. The Balaban J connectivity index is 0.000000270. The third-order valence-corrected chi connectivity index (χ3v) is 8.59. The molecule has 2 aliphatic rings. The van der Waals surface area contributed by atoms with Crippen LogP contribution in [0.1, 0.15) is 12.5 Å². The maximum absolute atomic E-state index is 12.0. The van der Waals surface area contributed by atoms with Gasteiger partial charge in [-0.05, 0) is 0 Å². The van der Waals surface area contributed by atoms with Gasteiger partial charge < -0.3 is 60.9 Å². The normalized spacial score (nSPS) is 26.2. The first-order valence-electron chi connectivity index (χ1n) is 14.1. The number of anilines is 2. The molecule has 8 atom stereocenters. The van der Waals surface area contributed by atoms with Crippen molar-refractivity contribution in [3.8, 4) is 0 Å². The van der Waals surface area contributed by atoms with Crippen LogP contribution in [-0.4, -0.2) is 119 Å². The fourth-order valence-corrected chi connectivity index (χ4v) is 6.13. The van der Waals surface area contributed by atoms with Crippen LogP contribution >= 0.6 is 15.6 Å². The molecule has 26 nitrogen and oxygen atoms in total. The number of nitrogens with one attached hydrogen (secondary N) is 2. The summed E-state index contributed by atoms with van der Waals surface area (Å²) in [5, 5.41) is 40.5. The average molecular weight is 934 g/mol. The van der Waals surface area contributed by atoms with E-state index in [1.54, 1.807) is 14.1 Å². The Morgan fingerprint density at radius 1 is 0.731 bits per heavy atom. The van der Waals surface area contributed by atoms with Crippen LogP contribution in [-0.2, 0) is 107 Å². The van der Waals surface area contributed by atoms with E-state index in [2.05, 4.69) is 29.0 Å². The quantitative estimate of drug-likeness (QED) is 0.0577. The Morgan fingerprint density at radius 3 is 1.37 bits per heavy atom. The summed E-state index contributed by atoms with van der Waals surface area (Å²) in [7, 11) is -6.39. The predicted molar refractivity (Wildman–Crippen MR) is 160 cm³/mol. The number of imidazole rings is 2. The van der Waals surface area contributed by atoms with Crippen molar-refractivity contribution in [1.82, 2.24) is 29.1 Å². The summed E-state index contributed by atoms with van der Waals surface area (Å²) in [5.41, 5.74) is 10.6. The number of nitrogen functional groups attached to an aromatic ring is 2. The minimum atomic E-state index is -4.76. The molecular weight excluding hydrogens is 900 g/mol. The standard InChI is InChI=1S/2C11H16N5O8P.2Y/c2*1-15-3-16(8-5(15)9(19)14-11(12)13-8)10-7(18)6(17)4(24-10)2-23-25(20,21)22;;/h2*3-4,6-7,10,17-18H,2H2,1H3,(H4-,12,13,14,19,20,21,22);;/p+2/t2*4-,6-,7-,10?;;/m11../s1. The fraction of sp³-hybridized carbons (Fsp3) is 0.545. The number of aromatic amines is 2. The number of aryl methyl sites for hydroxylation is 2. The number of fused-ring (bicyclic) bond motifs is 2. The van der Waals surface area contributed by atoms with E-state index in [9.17, 15) is 39.1 Å². The van der Waals surface area contributed by atoms with E-state index in [0.29, 0.717) is 0 Å². The van der Waals surface area contributed by atoms with E-state index in [4.69, 9.17) is 40.5 Å². The molecule has 0 saturated carbocycles. The van der Waals surface area contributed by atoms with Crippen molar-refractivity contribution in [3.63, 3.8) is 0 Å². The Bertz CT molecular complexity index is 1970. The monoisotopic (exact) mass is 934 g/mol. The van der Waals surface area contributed by atoms with Gasteiger partial charge in [0.15, 0.2) is 12.7 Å². The second kappa shape index (κ2) is 17.1. The van der Waals surface area contributed by atoms with Gasteiger partial charge in [0.1, 0.15) is 36.6 Å². The number of phosphoric acid groups is 2. The molecule has 2 aliphatic heterocycles. The summed E-state index contributed by atoms with van der Waals surface area (Å²) < 4.78 is 46.6. The number of H-pyrrole nitrogens is 2. The van der Waals surface area contributed by atoms with E-state index in [1.807, 2.05) is 0 Å². The molecule has 6 rings (SSSR count). The van der Waals surface area contributed by atoms with Crippen LogP contribution in [0.4, 0.5) is 11.9 Å². The second-order valence-electron chi connectivity index (χ2n) is 11.2. The molecule has 30 heteroatoms. The van der Waals surface area contributed by atoms with Crippen LogP contribution < -0.4 is 31.7 Å². The van der Waals surface area contributed by atoms with Gasteiger partial charge >= 0.3 is 26.9 Å². The number of phosphoric ester groups is 2. The number of hydrogen-bond acceptors (Lipinski definition) is 16. The zero-order valence-electron chi connectivity index (χ0n) is 26.9. The van der Waals surface area contributed by atoms with Crippen molar-refractivity contribution in [2.75, 3.05) is 24.7 Å². The first-order chi connectivity index (χ1) is 23.2. The number of rotatable bonds is 8. The van der Waals surface area contributed by atoms with E-state index < -0.39 is 89.1 Å². The third kappa shape index (κ3) is 9.64. The van der Waals surface area contributed by atoms with Crippen LogP contribution in [0, 0.1) is 0 Å². The molecule has 4 aromatic heterocycles. The molecule has 0 aliphatic carbocycles. The van der Waals surface area contributed by atoms with Crippen molar-refractivity contribution >= 4 is 49.9 Å². The number of aromatic nitrogens is 8.